The summed E-state index contributed by atoms with van der Waals surface area (Å²) in [7, 11) is 0. The second-order valence-electron chi connectivity index (χ2n) is 4.88. The second-order valence-corrected chi connectivity index (χ2v) is 4.88. The van der Waals surface area contributed by atoms with Gasteiger partial charge in [0, 0.05) is 5.92 Å². The Hall–Kier alpha value is -1.44. The number of hydrogen-bond donors (Lipinski definition) is 0. The van der Waals surface area contributed by atoms with Gasteiger partial charge in [0.25, 0.3) is 0 Å². The Kier molecular flexibility index (Phi) is 4.62. The molecule has 0 amide bonds. The summed E-state index contributed by atoms with van der Waals surface area (Å²) in [5.74, 6) is -0.223. The van der Waals surface area contributed by atoms with Crippen molar-refractivity contribution in [3.8, 4) is 0 Å². The van der Waals surface area contributed by atoms with E-state index >= 15 is 0 Å². The molecular formula is C15H20O2. The number of Topliss-reactive ketones (excluding diaryl/α,β-unsaturated/α-hetero) is 2. The van der Waals surface area contributed by atoms with Gasteiger partial charge in [-0.2, -0.15) is 0 Å². The van der Waals surface area contributed by atoms with E-state index in [2.05, 4.69) is 0 Å². The van der Waals surface area contributed by atoms with E-state index in [9.17, 15) is 9.59 Å². The zero-order valence-corrected chi connectivity index (χ0v) is 10.9. The van der Waals surface area contributed by atoms with Crippen LogP contribution in [-0.2, 0) is 9.59 Å². The first kappa shape index (κ1) is 13.6. The Bertz CT molecular complexity index is 393. The van der Waals surface area contributed by atoms with Crippen LogP contribution in [0.15, 0.2) is 30.3 Å². The van der Waals surface area contributed by atoms with Crippen molar-refractivity contribution in [1.82, 2.24) is 0 Å². The van der Waals surface area contributed by atoms with Gasteiger partial charge in [-0.05, 0) is 25.3 Å². The van der Waals surface area contributed by atoms with E-state index in [1.165, 1.54) is 0 Å². The van der Waals surface area contributed by atoms with Crippen LogP contribution < -0.4 is 0 Å². The smallest absolute Gasteiger partial charge is 0.138 e. The molecule has 0 heterocycles. The molecule has 0 aliphatic heterocycles. The summed E-state index contributed by atoms with van der Waals surface area (Å²) in [6.45, 7) is 7.12. The van der Waals surface area contributed by atoms with Gasteiger partial charge in [0.05, 0.1) is 5.92 Å². The van der Waals surface area contributed by atoms with Gasteiger partial charge >= 0.3 is 0 Å². The summed E-state index contributed by atoms with van der Waals surface area (Å²) in [4.78, 5) is 23.6. The van der Waals surface area contributed by atoms with Crippen LogP contribution >= 0.6 is 0 Å². The van der Waals surface area contributed by atoms with Crippen LogP contribution in [-0.4, -0.2) is 11.6 Å². The van der Waals surface area contributed by atoms with Gasteiger partial charge in [-0.3, -0.25) is 9.59 Å². The maximum atomic E-state index is 11.8. The first-order valence-electron chi connectivity index (χ1n) is 6.01. The van der Waals surface area contributed by atoms with Crippen LogP contribution in [0.3, 0.4) is 0 Å². The van der Waals surface area contributed by atoms with Gasteiger partial charge in [-0.1, -0.05) is 44.2 Å². The fourth-order valence-corrected chi connectivity index (χ4v) is 2.44. The van der Waals surface area contributed by atoms with Gasteiger partial charge in [0.1, 0.15) is 11.6 Å². The molecule has 0 aromatic heterocycles. The van der Waals surface area contributed by atoms with Crippen molar-refractivity contribution in [2.45, 2.75) is 33.6 Å². The lowest BCUT2D eigenvalue weighted by Crippen LogP contribution is -2.29. The molecule has 1 aromatic carbocycles. The third-order valence-electron chi connectivity index (χ3n) is 3.14. The Labute approximate surface area is 103 Å². The first-order chi connectivity index (χ1) is 7.95. The highest BCUT2D eigenvalue weighted by Crippen LogP contribution is 2.31. The number of carbonyl (C=O) groups excluding carboxylic acids is 2. The maximum Gasteiger partial charge on any atom is 0.138 e. The van der Waals surface area contributed by atoms with Crippen molar-refractivity contribution < 1.29 is 9.59 Å². The minimum atomic E-state index is -0.311. The van der Waals surface area contributed by atoms with Gasteiger partial charge < -0.3 is 0 Å². The molecule has 0 fully saturated rings. The average Bonchev–Trinajstić information content (AvgIpc) is 2.25. The third-order valence-corrected chi connectivity index (χ3v) is 3.14. The summed E-state index contributed by atoms with van der Waals surface area (Å²) in [6.07, 6.45) is 0. The van der Waals surface area contributed by atoms with E-state index in [4.69, 9.17) is 0 Å². The maximum absolute atomic E-state index is 11.8. The number of ketones is 2. The van der Waals surface area contributed by atoms with E-state index in [1.807, 2.05) is 44.2 Å². The van der Waals surface area contributed by atoms with Crippen molar-refractivity contribution in [2.75, 3.05) is 0 Å². The first-order valence-corrected chi connectivity index (χ1v) is 6.01. The highest BCUT2D eigenvalue weighted by molar-refractivity contribution is 5.91. The summed E-state index contributed by atoms with van der Waals surface area (Å²) in [5, 5.41) is 0. The SMILES string of the molecule is CC(=O)[C@H](c1ccccc1)[C@@H](C(C)=O)C(C)C. The molecule has 2 nitrogen and oxygen atoms in total. The van der Waals surface area contributed by atoms with Crippen molar-refractivity contribution in [1.29, 1.82) is 0 Å². The molecule has 0 radical (unpaired) electrons. The molecule has 0 aliphatic carbocycles. The highest BCUT2D eigenvalue weighted by atomic mass is 16.1. The van der Waals surface area contributed by atoms with Gasteiger partial charge in [0.15, 0.2) is 0 Å². The monoisotopic (exact) mass is 232 g/mol. The fraction of sp³-hybridized carbons (Fsp3) is 0.467. The molecule has 92 valence electrons. The number of benzene rings is 1. The van der Waals surface area contributed by atoms with Gasteiger partial charge in [-0.15, -0.1) is 0 Å². The molecule has 17 heavy (non-hydrogen) atoms. The van der Waals surface area contributed by atoms with Gasteiger partial charge in [0.2, 0.25) is 0 Å². The van der Waals surface area contributed by atoms with Crippen LogP contribution in [0.2, 0.25) is 0 Å². The lowest BCUT2D eigenvalue weighted by Gasteiger charge is -2.26. The number of hydrogen-bond acceptors (Lipinski definition) is 2. The molecule has 0 aliphatic rings. The Morgan fingerprint density at radius 2 is 1.47 bits per heavy atom. The van der Waals surface area contributed by atoms with E-state index in [0.717, 1.165) is 5.56 Å². The molecule has 0 N–H and O–H groups in total. The van der Waals surface area contributed by atoms with Crippen LogP contribution in [0.1, 0.15) is 39.2 Å². The molecule has 0 bridgehead atoms. The second kappa shape index (κ2) is 5.76. The van der Waals surface area contributed by atoms with Crippen LogP contribution in [0, 0.1) is 11.8 Å². The normalized spacial score (nSPS) is 14.4. The third kappa shape index (κ3) is 3.26. The molecule has 1 aromatic rings. The average molecular weight is 232 g/mol. The van der Waals surface area contributed by atoms with E-state index < -0.39 is 0 Å². The summed E-state index contributed by atoms with van der Waals surface area (Å²) in [6, 6.07) is 9.57. The summed E-state index contributed by atoms with van der Waals surface area (Å²) >= 11 is 0. The lowest BCUT2D eigenvalue weighted by atomic mass is 9.75. The van der Waals surface area contributed by atoms with E-state index in [0.29, 0.717) is 0 Å². The van der Waals surface area contributed by atoms with E-state index in [-0.39, 0.29) is 29.3 Å². The highest BCUT2D eigenvalue weighted by Gasteiger charge is 2.32. The molecule has 0 spiro atoms. The van der Waals surface area contributed by atoms with E-state index in [1.54, 1.807) is 13.8 Å². The fourth-order valence-electron chi connectivity index (χ4n) is 2.44. The lowest BCUT2D eigenvalue weighted by molar-refractivity contribution is -0.128. The molecule has 2 atom stereocenters. The van der Waals surface area contributed by atoms with Crippen molar-refractivity contribution in [3.05, 3.63) is 35.9 Å². The zero-order valence-electron chi connectivity index (χ0n) is 10.9. The van der Waals surface area contributed by atoms with Crippen molar-refractivity contribution >= 4 is 11.6 Å². The van der Waals surface area contributed by atoms with Crippen LogP contribution in [0.4, 0.5) is 0 Å². The molecule has 0 saturated heterocycles. The zero-order chi connectivity index (χ0) is 13.0. The summed E-state index contributed by atoms with van der Waals surface area (Å²) in [5.41, 5.74) is 0.939. The molecule has 0 saturated carbocycles. The Morgan fingerprint density at radius 3 is 1.82 bits per heavy atom. The minimum absolute atomic E-state index is 0.0603. The number of rotatable bonds is 5. The van der Waals surface area contributed by atoms with Gasteiger partial charge in [-0.25, -0.2) is 0 Å². The molecular weight excluding hydrogens is 212 g/mol. The molecule has 1 rings (SSSR count). The molecule has 2 heteroatoms. The Balaban J connectivity index is 3.17. The van der Waals surface area contributed by atoms with Crippen LogP contribution in [0.5, 0.6) is 0 Å². The predicted octanol–water partition coefficient (Wildman–Crippen LogP) is 3.22. The molecule has 0 unspecified atom stereocenters. The predicted molar refractivity (Wildman–Crippen MR) is 68.9 cm³/mol. The van der Waals surface area contributed by atoms with Crippen LogP contribution in [0.25, 0.3) is 0 Å². The number of carbonyl (C=O) groups is 2. The quantitative estimate of drug-likeness (QED) is 0.781. The minimum Gasteiger partial charge on any atom is -0.300 e. The topological polar surface area (TPSA) is 34.1 Å². The summed E-state index contributed by atoms with van der Waals surface area (Å²) < 4.78 is 0. The van der Waals surface area contributed by atoms with Crippen molar-refractivity contribution in [3.63, 3.8) is 0 Å². The largest absolute Gasteiger partial charge is 0.300 e. The standard InChI is InChI=1S/C15H20O2/c1-10(2)14(11(3)16)15(12(4)17)13-8-6-5-7-9-13/h5-10,14-15H,1-4H3/t14-,15-/m1/s1. The van der Waals surface area contributed by atoms with Crippen molar-refractivity contribution in [2.24, 2.45) is 11.8 Å². The Morgan fingerprint density at radius 1 is 0.941 bits per heavy atom.